The predicted molar refractivity (Wildman–Crippen MR) is 82.5 cm³/mol. The van der Waals surface area contributed by atoms with Crippen LogP contribution in [0, 0.1) is 5.92 Å². The van der Waals surface area contributed by atoms with Crippen molar-refractivity contribution < 1.29 is 9.47 Å². The summed E-state index contributed by atoms with van der Waals surface area (Å²) < 4.78 is 11.4. The highest BCUT2D eigenvalue weighted by Crippen LogP contribution is 2.40. The summed E-state index contributed by atoms with van der Waals surface area (Å²) in [6.07, 6.45) is 5.10. The lowest BCUT2D eigenvalue weighted by Crippen LogP contribution is -2.25. The lowest BCUT2D eigenvalue weighted by atomic mass is 9.75. The molecule has 0 saturated heterocycles. The van der Waals surface area contributed by atoms with Gasteiger partial charge in [-0.05, 0) is 62.8 Å². The molecule has 2 rings (SSSR count). The Hall–Kier alpha value is -1.22. The van der Waals surface area contributed by atoms with E-state index in [1.54, 1.807) is 0 Å². The van der Waals surface area contributed by atoms with E-state index >= 15 is 0 Å². The number of rotatable bonds is 6. The predicted octanol–water partition coefficient (Wildman–Crippen LogP) is 3.72. The summed E-state index contributed by atoms with van der Waals surface area (Å²) >= 11 is 0. The number of nitrogens with two attached hydrogens (primary N) is 1. The highest BCUT2D eigenvalue weighted by Gasteiger charge is 2.26. The van der Waals surface area contributed by atoms with Crippen LogP contribution in [0.2, 0.25) is 0 Å². The minimum absolute atomic E-state index is 0.573. The van der Waals surface area contributed by atoms with E-state index in [1.165, 1.54) is 31.2 Å². The highest BCUT2D eigenvalue weighted by atomic mass is 16.5. The molecule has 1 aromatic carbocycles. The normalized spacial score (nSPS) is 22.6. The molecular formula is C17H27NO2. The van der Waals surface area contributed by atoms with Gasteiger partial charge in [0.2, 0.25) is 0 Å². The first kappa shape index (κ1) is 15.2. The van der Waals surface area contributed by atoms with E-state index in [0.29, 0.717) is 25.0 Å². The molecule has 0 radical (unpaired) electrons. The molecule has 1 saturated carbocycles. The Labute approximate surface area is 122 Å². The van der Waals surface area contributed by atoms with Gasteiger partial charge in [0.05, 0.1) is 13.2 Å². The van der Waals surface area contributed by atoms with Gasteiger partial charge < -0.3 is 15.2 Å². The Kier molecular flexibility index (Phi) is 5.72. The molecule has 20 heavy (non-hydrogen) atoms. The lowest BCUT2D eigenvalue weighted by molar-refractivity contribution is 0.284. The van der Waals surface area contributed by atoms with Crippen molar-refractivity contribution in [1.29, 1.82) is 0 Å². The SMILES string of the molecule is CCOc1ccc(C2CCCCC2CN)cc1OCC. The van der Waals surface area contributed by atoms with Crippen LogP contribution in [0.15, 0.2) is 18.2 Å². The maximum atomic E-state index is 5.95. The monoisotopic (exact) mass is 277 g/mol. The van der Waals surface area contributed by atoms with Crippen molar-refractivity contribution in [2.75, 3.05) is 19.8 Å². The molecule has 3 nitrogen and oxygen atoms in total. The first-order chi connectivity index (χ1) is 9.80. The summed E-state index contributed by atoms with van der Waals surface area (Å²) in [5.74, 6) is 2.89. The first-order valence-electron chi connectivity index (χ1n) is 7.89. The van der Waals surface area contributed by atoms with E-state index in [0.717, 1.165) is 18.0 Å². The van der Waals surface area contributed by atoms with Gasteiger partial charge in [0, 0.05) is 0 Å². The Balaban J connectivity index is 2.24. The zero-order valence-electron chi connectivity index (χ0n) is 12.7. The molecule has 0 aliphatic heterocycles. The van der Waals surface area contributed by atoms with Gasteiger partial charge >= 0.3 is 0 Å². The van der Waals surface area contributed by atoms with Gasteiger partial charge in [-0.2, -0.15) is 0 Å². The topological polar surface area (TPSA) is 44.5 Å². The molecule has 1 fully saturated rings. The molecule has 112 valence electrons. The first-order valence-corrected chi connectivity index (χ1v) is 7.89. The number of benzene rings is 1. The third kappa shape index (κ3) is 3.45. The van der Waals surface area contributed by atoms with E-state index in [2.05, 4.69) is 12.1 Å². The zero-order valence-corrected chi connectivity index (χ0v) is 12.7. The molecule has 2 atom stereocenters. The van der Waals surface area contributed by atoms with Crippen LogP contribution < -0.4 is 15.2 Å². The fourth-order valence-electron chi connectivity index (χ4n) is 3.23. The maximum Gasteiger partial charge on any atom is 0.161 e. The Bertz CT molecular complexity index is 419. The largest absolute Gasteiger partial charge is 0.490 e. The molecule has 0 heterocycles. The van der Waals surface area contributed by atoms with E-state index in [4.69, 9.17) is 15.2 Å². The minimum atomic E-state index is 0.573. The second-order valence-electron chi connectivity index (χ2n) is 5.46. The van der Waals surface area contributed by atoms with Crippen molar-refractivity contribution in [3.63, 3.8) is 0 Å². The summed E-state index contributed by atoms with van der Waals surface area (Å²) in [5, 5.41) is 0. The molecule has 0 bridgehead atoms. The van der Waals surface area contributed by atoms with Crippen molar-refractivity contribution in [2.45, 2.75) is 45.4 Å². The molecular weight excluding hydrogens is 250 g/mol. The van der Waals surface area contributed by atoms with Crippen molar-refractivity contribution in [2.24, 2.45) is 11.7 Å². The summed E-state index contributed by atoms with van der Waals surface area (Å²) in [7, 11) is 0. The average molecular weight is 277 g/mol. The van der Waals surface area contributed by atoms with Gasteiger partial charge in [-0.1, -0.05) is 18.9 Å². The fraction of sp³-hybridized carbons (Fsp3) is 0.647. The van der Waals surface area contributed by atoms with E-state index in [9.17, 15) is 0 Å². The minimum Gasteiger partial charge on any atom is -0.490 e. The Morgan fingerprint density at radius 2 is 1.75 bits per heavy atom. The van der Waals surface area contributed by atoms with Crippen molar-refractivity contribution >= 4 is 0 Å². The lowest BCUT2D eigenvalue weighted by Gasteiger charge is -2.31. The highest BCUT2D eigenvalue weighted by molar-refractivity contribution is 5.44. The van der Waals surface area contributed by atoms with Crippen molar-refractivity contribution in [3.8, 4) is 11.5 Å². The second-order valence-corrected chi connectivity index (χ2v) is 5.46. The Morgan fingerprint density at radius 1 is 1.05 bits per heavy atom. The van der Waals surface area contributed by atoms with Crippen LogP contribution in [0.5, 0.6) is 11.5 Å². The third-order valence-corrected chi connectivity index (χ3v) is 4.21. The molecule has 0 spiro atoms. The second kappa shape index (κ2) is 7.53. The molecule has 0 aromatic heterocycles. The van der Waals surface area contributed by atoms with Gasteiger partial charge in [0.25, 0.3) is 0 Å². The van der Waals surface area contributed by atoms with Crippen LogP contribution in [0.1, 0.15) is 51.0 Å². The van der Waals surface area contributed by atoms with Crippen molar-refractivity contribution in [3.05, 3.63) is 23.8 Å². The summed E-state index contributed by atoms with van der Waals surface area (Å²) in [5.41, 5.74) is 7.30. The summed E-state index contributed by atoms with van der Waals surface area (Å²) in [6, 6.07) is 6.39. The van der Waals surface area contributed by atoms with Crippen LogP contribution in [-0.4, -0.2) is 19.8 Å². The summed E-state index contributed by atoms with van der Waals surface area (Å²) in [4.78, 5) is 0. The van der Waals surface area contributed by atoms with Gasteiger partial charge in [-0.25, -0.2) is 0 Å². The molecule has 1 aliphatic rings. The Morgan fingerprint density at radius 3 is 2.45 bits per heavy atom. The van der Waals surface area contributed by atoms with E-state index in [1.807, 2.05) is 19.9 Å². The van der Waals surface area contributed by atoms with Crippen molar-refractivity contribution in [1.82, 2.24) is 0 Å². The van der Waals surface area contributed by atoms with Gasteiger partial charge in [-0.3, -0.25) is 0 Å². The van der Waals surface area contributed by atoms with Crippen LogP contribution in [0.25, 0.3) is 0 Å². The smallest absolute Gasteiger partial charge is 0.161 e. The summed E-state index contributed by atoms with van der Waals surface area (Å²) in [6.45, 7) is 6.10. The molecule has 2 N–H and O–H groups in total. The fourth-order valence-corrected chi connectivity index (χ4v) is 3.23. The molecule has 0 amide bonds. The molecule has 1 aliphatic carbocycles. The zero-order chi connectivity index (χ0) is 14.4. The van der Waals surface area contributed by atoms with Gasteiger partial charge in [0.15, 0.2) is 11.5 Å². The van der Waals surface area contributed by atoms with Crippen LogP contribution in [-0.2, 0) is 0 Å². The average Bonchev–Trinajstić information content (AvgIpc) is 2.49. The van der Waals surface area contributed by atoms with E-state index in [-0.39, 0.29) is 0 Å². The number of ether oxygens (including phenoxy) is 2. The number of hydrogen-bond donors (Lipinski definition) is 1. The molecule has 3 heteroatoms. The molecule has 2 unspecified atom stereocenters. The van der Waals surface area contributed by atoms with E-state index < -0.39 is 0 Å². The standard InChI is InChI=1S/C17H27NO2/c1-3-19-16-10-9-13(11-17(16)20-4-2)15-8-6-5-7-14(15)12-18/h9-11,14-15H,3-8,12,18H2,1-2H3. The van der Waals surface area contributed by atoms with Crippen LogP contribution in [0.4, 0.5) is 0 Å². The van der Waals surface area contributed by atoms with Crippen LogP contribution >= 0.6 is 0 Å². The number of hydrogen-bond acceptors (Lipinski definition) is 3. The maximum absolute atomic E-state index is 5.95. The quantitative estimate of drug-likeness (QED) is 0.862. The molecule has 1 aromatic rings. The van der Waals surface area contributed by atoms with Gasteiger partial charge in [0.1, 0.15) is 0 Å². The van der Waals surface area contributed by atoms with Gasteiger partial charge in [-0.15, -0.1) is 0 Å². The van der Waals surface area contributed by atoms with Crippen LogP contribution in [0.3, 0.4) is 0 Å². The third-order valence-electron chi connectivity index (χ3n) is 4.21.